The summed E-state index contributed by atoms with van der Waals surface area (Å²) < 4.78 is 12.2. The number of carbonyl (C=O) groups is 1. The Kier molecular flexibility index (Phi) is 5.31. The Hall–Kier alpha value is -2.44. The van der Waals surface area contributed by atoms with Crippen molar-refractivity contribution in [3.63, 3.8) is 0 Å². The Labute approximate surface area is 156 Å². The Morgan fingerprint density at radius 3 is 2.76 bits per heavy atom. The van der Waals surface area contributed by atoms with E-state index in [1.807, 2.05) is 24.3 Å². The topological polar surface area (TPSA) is 56.5 Å². The third-order valence-electron chi connectivity index (χ3n) is 3.35. The van der Waals surface area contributed by atoms with Crippen molar-refractivity contribution in [2.75, 3.05) is 6.61 Å². The minimum absolute atomic E-state index is 0.218. The molecule has 0 amide bonds. The molecule has 0 spiro atoms. The van der Waals surface area contributed by atoms with E-state index in [4.69, 9.17) is 9.15 Å². The molecule has 6 heteroatoms. The van der Waals surface area contributed by atoms with Crippen LogP contribution in [0.3, 0.4) is 0 Å². The lowest BCUT2D eigenvalue weighted by Gasteiger charge is -2.07. The van der Waals surface area contributed by atoms with Gasteiger partial charge in [0.05, 0.1) is 10.3 Å². The van der Waals surface area contributed by atoms with Crippen LogP contribution >= 0.6 is 27.3 Å². The van der Waals surface area contributed by atoms with Crippen LogP contribution in [-0.4, -0.2) is 12.4 Å². The van der Waals surface area contributed by atoms with Gasteiger partial charge in [0, 0.05) is 10.5 Å². The second-order valence-corrected chi connectivity index (χ2v) is 6.99. The first-order chi connectivity index (χ1) is 12.1. The van der Waals surface area contributed by atoms with Gasteiger partial charge in [0.15, 0.2) is 11.4 Å². The summed E-state index contributed by atoms with van der Waals surface area (Å²) in [5.74, 6) is 0.143. The molecule has 0 aliphatic rings. The predicted octanol–water partition coefficient (Wildman–Crippen LogP) is 5.08. The number of ether oxygens (including phenoxy) is 1. The van der Waals surface area contributed by atoms with Gasteiger partial charge in [0.1, 0.15) is 12.4 Å². The molecule has 0 N–H and O–H groups in total. The van der Waals surface area contributed by atoms with Crippen LogP contribution < -0.4 is 9.68 Å². The van der Waals surface area contributed by atoms with Crippen molar-refractivity contribution in [3.05, 3.63) is 80.5 Å². The molecule has 0 unspecified atom stereocenters. The monoisotopic (exact) mass is 416 g/mol. The van der Waals surface area contributed by atoms with Gasteiger partial charge < -0.3 is 9.15 Å². The second kappa shape index (κ2) is 7.63. The number of fused-ring (bicyclic) bond motifs is 1. The van der Waals surface area contributed by atoms with Crippen LogP contribution in [0.5, 0.6) is 5.75 Å². The van der Waals surface area contributed by atoms with E-state index < -0.39 is 4.94 Å². The fourth-order valence-electron chi connectivity index (χ4n) is 2.20. The summed E-state index contributed by atoms with van der Waals surface area (Å²) >= 11 is 4.32. The molecule has 2 aromatic carbocycles. The summed E-state index contributed by atoms with van der Waals surface area (Å²) in [6, 6.07) is 10.8. The molecule has 4 nitrogen and oxygen atoms in total. The van der Waals surface area contributed by atoms with E-state index in [0.717, 1.165) is 21.4 Å². The van der Waals surface area contributed by atoms with Crippen molar-refractivity contribution >= 4 is 49.4 Å². The van der Waals surface area contributed by atoms with Crippen LogP contribution in [0.4, 0.5) is 0 Å². The number of hydrogen-bond donors (Lipinski definition) is 0. The van der Waals surface area contributed by atoms with E-state index >= 15 is 0 Å². The van der Waals surface area contributed by atoms with E-state index in [1.165, 1.54) is 6.08 Å². The van der Waals surface area contributed by atoms with Gasteiger partial charge in [-0.25, -0.2) is 4.79 Å². The molecule has 0 radical (unpaired) electrons. The molecule has 0 bridgehead atoms. The summed E-state index contributed by atoms with van der Waals surface area (Å²) in [7, 11) is 0. The molecular weight excluding hydrogens is 404 g/mol. The fraction of sp³-hybridized carbons (Fsp3) is 0.0526. The Bertz CT molecular complexity index is 1010. The number of rotatable bonds is 6. The summed E-state index contributed by atoms with van der Waals surface area (Å²) in [6.45, 7) is 3.85. The first-order valence-electron chi connectivity index (χ1n) is 7.36. The predicted molar refractivity (Wildman–Crippen MR) is 104 cm³/mol. The third-order valence-corrected chi connectivity index (χ3v) is 4.67. The van der Waals surface area contributed by atoms with Crippen LogP contribution in [0, 0.1) is 0 Å². The molecule has 3 rings (SSSR count). The maximum atomic E-state index is 12.6. The average molecular weight is 417 g/mol. The first-order valence-corrected chi connectivity index (χ1v) is 8.97. The lowest BCUT2D eigenvalue weighted by atomic mass is 10.1. The Morgan fingerprint density at radius 1 is 1.28 bits per heavy atom. The van der Waals surface area contributed by atoms with Crippen LogP contribution in [0.1, 0.15) is 15.9 Å². The van der Waals surface area contributed by atoms with Crippen molar-refractivity contribution in [1.29, 1.82) is 0 Å². The fourth-order valence-corrected chi connectivity index (χ4v) is 3.15. The highest BCUT2D eigenvalue weighted by molar-refractivity contribution is 9.10. The zero-order chi connectivity index (χ0) is 17.8. The number of benzene rings is 2. The third kappa shape index (κ3) is 4.15. The summed E-state index contributed by atoms with van der Waals surface area (Å²) in [6.07, 6.45) is 4.79. The number of ketones is 1. The smallest absolute Gasteiger partial charge is 0.396 e. The van der Waals surface area contributed by atoms with Gasteiger partial charge in [-0.1, -0.05) is 58.1 Å². The Morgan fingerprint density at radius 2 is 2.04 bits per heavy atom. The molecule has 3 aromatic rings. The molecule has 0 aliphatic carbocycles. The number of allylic oxidation sites excluding steroid dienone is 1. The molecule has 0 aliphatic heterocycles. The number of halogens is 1. The van der Waals surface area contributed by atoms with Crippen molar-refractivity contribution in [1.82, 2.24) is 0 Å². The van der Waals surface area contributed by atoms with Crippen LogP contribution in [0.2, 0.25) is 0 Å². The SMILES string of the molecule is C=CCOc1cc2oc(=O)sc2cc1C(=O)/C=C/c1ccc(Br)cc1. The van der Waals surface area contributed by atoms with E-state index in [9.17, 15) is 9.59 Å². The van der Waals surface area contributed by atoms with Gasteiger partial charge in [0.2, 0.25) is 0 Å². The Balaban J connectivity index is 1.96. The minimum atomic E-state index is -0.417. The summed E-state index contributed by atoms with van der Waals surface area (Å²) in [5.41, 5.74) is 1.68. The summed E-state index contributed by atoms with van der Waals surface area (Å²) in [5, 5.41) is 0. The molecular formula is C19H13BrO4S. The maximum Gasteiger partial charge on any atom is 0.396 e. The second-order valence-electron chi connectivity index (χ2n) is 5.10. The average Bonchev–Trinajstić information content (AvgIpc) is 2.97. The molecule has 1 aromatic heterocycles. The largest absolute Gasteiger partial charge is 0.489 e. The number of carbonyl (C=O) groups excluding carboxylic acids is 1. The molecule has 1 heterocycles. The van der Waals surface area contributed by atoms with Crippen LogP contribution in [0.15, 0.2) is 68.8 Å². The molecule has 126 valence electrons. The molecule has 0 saturated carbocycles. The van der Waals surface area contributed by atoms with E-state index in [0.29, 0.717) is 21.6 Å². The van der Waals surface area contributed by atoms with Crippen molar-refractivity contribution in [2.24, 2.45) is 0 Å². The van der Waals surface area contributed by atoms with E-state index in [-0.39, 0.29) is 12.4 Å². The normalized spacial score (nSPS) is 11.1. The quantitative estimate of drug-likeness (QED) is 0.319. The molecule has 0 atom stereocenters. The van der Waals surface area contributed by atoms with Crippen molar-refractivity contribution in [3.8, 4) is 5.75 Å². The van der Waals surface area contributed by atoms with Gasteiger partial charge in [-0.15, -0.1) is 0 Å². The molecule has 0 saturated heterocycles. The highest BCUT2D eigenvalue weighted by Gasteiger charge is 2.15. The zero-order valence-electron chi connectivity index (χ0n) is 13.0. The van der Waals surface area contributed by atoms with Crippen molar-refractivity contribution in [2.45, 2.75) is 0 Å². The van der Waals surface area contributed by atoms with Crippen LogP contribution in [-0.2, 0) is 0 Å². The highest BCUT2D eigenvalue weighted by Crippen LogP contribution is 2.28. The van der Waals surface area contributed by atoms with Gasteiger partial charge in [-0.3, -0.25) is 4.79 Å². The van der Waals surface area contributed by atoms with Gasteiger partial charge in [0.25, 0.3) is 0 Å². The lowest BCUT2D eigenvalue weighted by molar-refractivity contribution is 0.104. The van der Waals surface area contributed by atoms with Gasteiger partial charge in [-0.05, 0) is 29.8 Å². The molecule has 25 heavy (non-hydrogen) atoms. The lowest BCUT2D eigenvalue weighted by Crippen LogP contribution is -2.02. The summed E-state index contributed by atoms with van der Waals surface area (Å²) in [4.78, 5) is 23.6. The molecule has 0 fully saturated rings. The van der Waals surface area contributed by atoms with E-state index in [2.05, 4.69) is 22.5 Å². The van der Waals surface area contributed by atoms with Gasteiger partial charge >= 0.3 is 4.94 Å². The standard InChI is InChI=1S/C19H13BrO4S/c1-2-9-23-16-11-17-18(25-19(22)24-17)10-14(16)15(21)8-5-12-3-6-13(20)7-4-12/h2-8,10-11H,1,9H2/b8-5+. The van der Waals surface area contributed by atoms with Gasteiger partial charge in [-0.2, -0.15) is 0 Å². The minimum Gasteiger partial charge on any atom is -0.489 e. The van der Waals surface area contributed by atoms with Crippen molar-refractivity contribution < 1.29 is 13.9 Å². The van der Waals surface area contributed by atoms with Crippen LogP contribution in [0.25, 0.3) is 16.4 Å². The highest BCUT2D eigenvalue weighted by atomic mass is 79.9. The zero-order valence-corrected chi connectivity index (χ0v) is 15.4. The number of hydrogen-bond acceptors (Lipinski definition) is 5. The first kappa shape index (κ1) is 17.4. The maximum absolute atomic E-state index is 12.6. The van der Waals surface area contributed by atoms with E-state index in [1.54, 1.807) is 24.3 Å².